The first-order valence-electron chi connectivity index (χ1n) is 13.1. The minimum absolute atomic E-state index is 0.776. The van der Waals surface area contributed by atoms with Crippen LogP contribution < -0.4 is 5.32 Å². The smallest absolute Gasteiger partial charge is 0.00670 e. The van der Waals surface area contributed by atoms with Crippen LogP contribution in [0.1, 0.15) is 108 Å². The Labute approximate surface area is 187 Å². The second kappa shape index (κ2) is 18.4. The van der Waals surface area contributed by atoms with Crippen LogP contribution in [0.15, 0.2) is 54.6 Å². The van der Waals surface area contributed by atoms with Gasteiger partial charge in [0.15, 0.2) is 0 Å². The van der Waals surface area contributed by atoms with Crippen molar-refractivity contribution in [3.8, 4) is 0 Å². The molecule has 0 aliphatic heterocycles. The predicted molar refractivity (Wildman–Crippen MR) is 133 cm³/mol. The van der Waals surface area contributed by atoms with Crippen LogP contribution in [-0.2, 0) is 6.42 Å². The topological polar surface area (TPSA) is 12.0 Å². The van der Waals surface area contributed by atoms with Gasteiger partial charge < -0.3 is 5.32 Å². The third-order valence-corrected chi connectivity index (χ3v) is 6.47. The molecule has 0 heterocycles. The van der Waals surface area contributed by atoms with Gasteiger partial charge in [0, 0.05) is 6.04 Å². The van der Waals surface area contributed by atoms with E-state index in [1.807, 2.05) is 0 Å². The van der Waals surface area contributed by atoms with Crippen molar-refractivity contribution in [3.05, 3.63) is 60.2 Å². The number of unbranched alkanes of at least 4 members (excludes halogenated alkanes) is 3. The first kappa shape index (κ1) is 24.9. The fourth-order valence-electron chi connectivity index (χ4n) is 4.56. The van der Waals surface area contributed by atoms with E-state index < -0.39 is 0 Å². The molecule has 0 amide bonds. The number of nitrogens with one attached hydrogen (secondary N) is 1. The molecule has 1 aromatic carbocycles. The zero-order valence-corrected chi connectivity index (χ0v) is 19.5. The highest BCUT2D eigenvalue weighted by molar-refractivity contribution is 5.12. The van der Waals surface area contributed by atoms with Crippen LogP contribution in [0.25, 0.3) is 0 Å². The molecule has 1 saturated carbocycles. The summed E-state index contributed by atoms with van der Waals surface area (Å²) in [5.74, 6) is 0. The van der Waals surface area contributed by atoms with Crippen molar-refractivity contribution in [3.63, 3.8) is 0 Å². The number of hydrogen-bond acceptors (Lipinski definition) is 1. The molecule has 1 aromatic rings. The van der Waals surface area contributed by atoms with Crippen LogP contribution in [-0.4, -0.2) is 12.6 Å². The highest BCUT2D eigenvalue weighted by Crippen LogP contribution is 2.17. The van der Waals surface area contributed by atoms with Gasteiger partial charge in [0.25, 0.3) is 0 Å². The molecule has 0 radical (unpaired) electrons. The highest BCUT2D eigenvalue weighted by atomic mass is 14.9. The summed E-state index contributed by atoms with van der Waals surface area (Å²) in [7, 11) is 0. The summed E-state index contributed by atoms with van der Waals surface area (Å²) in [4.78, 5) is 0. The maximum Gasteiger partial charge on any atom is 0.00670 e. The van der Waals surface area contributed by atoms with Gasteiger partial charge in [-0.1, -0.05) is 132 Å². The van der Waals surface area contributed by atoms with Crippen molar-refractivity contribution < 1.29 is 0 Å². The maximum atomic E-state index is 3.91. The number of aryl methyl sites for hydroxylation is 1. The SMILES string of the molecule is c1ccccc(CCCCCCNC2CCCCCCCCCCCC2)cccc1. The van der Waals surface area contributed by atoms with E-state index in [9.17, 15) is 0 Å². The summed E-state index contributed by atoms with van der Waals surface area (Å²) in [6, 6.07) is 20.1. The lowest BCUT2D eigenvalue weighted by Gasteiger charge is -2.19. The van der Waals surface area contributed by atoms with Crippen molar-refractivity contribution in [1.82, 2.24) is 5.32 Å². The lowest BCUT2D eigenvalue weighted by atomic mass is 10.0. The Hall–Kier alpha value is -1.34. The van der Waals surface area contributed by atoms with Crippen molar-refractivity contribution >= 4 is 0 Å². The molecule has 1 fully saturated rings. The molecule has 1 nitrogen and oxygen atoms in total. The van der Waals surface area contributed by atoms with E-state index in [-0.39, 0.29) is 0 Å². The molecule has 0 bridgehead atoms. The van der Waals surface area contributed by atoms with Gasteiger partial charge >= 0.3 is 0 Å². The van der Waals surface area contributed by atoms with E-state index in [0.29, 0.717) is 0 Å². The Balaban J connectivity index is 1.58. The Morgan fingerprint density at radius 2 is 1.00 bits per heavy atom. The molecule has 1 aliphatic carbocycles. The summed E-state index contributed by atoms with van der Waals surface area (Å²) in [6.45, 7) is 1.22. The number of rotatable bonds is 8. The van der Waals surface area contributed by atoms with Crippen LogP contribution in [0.5, 0.6) is 0 Å². The molecular formula is C29H47N. The Morgan fingerprint density at radius 3 is 1.57 bits per heavy atom. The van der Waals surface area contributed by atoms with Crippen LogP contribution in [0.2, 0.25) is 0 Å². The van der Waals surface area contributed by atoms with E-state index in [1.54, 1.807) is 0 Å². The molecule has 1 aliphatic rings. The summed E-state index contributed by atoms with van der Waals surface area (Å²) in [5.41, 5.74) is 1.44. The molecule has 168 valence electrons. The van der Waals surface area contributed by atoms with Gasteiger partial charge in [0.1, 0.15) is 0 Å². The Kier molecular flexibility index (Phi) is 15.3. The molecule has 30 heavy (non-hydrogen) atoms. The average Bonchev–Trinajstić information content (AvgIpc) is 2.79. The van der Waals surface area contributed by atoms with Gasteiger partial charge in [-0.2, -0.15) is 0 Å². The first-order valence-corrected chi connectivity index (χ1v) is 13.1. The lowest BCUT2D eigenvalue weighted by molar-refractivity contribution is 0.410. The van der Waals surface area contributed by atoms with Crippen molar-refractivity contribution in [2.45, 2.75) is 115 Å². The van der Waals surface area contributed by atoms with E-state index >= 15 is 0 Å². The Morgan fingerprint density at radius 1 is 0.533 bits per heavy atom. The van der Waals surface area contributed by atoms with Gasteiger partial charge in [0.05, 0.1) is 0 Å². The molecule has 0 atom stereocenters. The van der Waals surface area contributed by atoms with Crippen LogP contribution >= 0.6 is 0 Å². The zero-order valence-electron chi connectivity index (χ0n) is 19.5. The highest BCUT2D eigenvalue weighted by Gasteiger charge is 2.08. The largest absolute Gasteiger partial charge is 0.314 e. The standard InChI is InChI=1S/C29H47N/c1-2-4-9-13-20-26-29(25-19-12-8-3-1)30-27-21-15-14-18-24-28-22-16-10-6-5-7-11-17-23-28/h5-7,10-11,16-17,22-23,29-30H,1-4,8-9,12-15,18-21,24-27H2. The van der Waals surface area contributed by atoms with E-state index in [4.69, 9.17) is 0 Å². The van der Waals surface area contributed by atoms with Gasteiger partial charge in [-0.25, -0.2) is 0 Å². The third kappa shape index (κ3) is 13.8. The Bertz CT molecular complexity index is 527. The van der Waals surface area contributed by atoms with E-state index in [1.165, 1.54) is 121 Å². The maximum absolute atomic E-state index is 3.91. The van der Waals surface area contributed by atoms with Crippen LogP contribution in [0, 0.1) is 0 Å². The van der Waals surface area contributed by atoms with Crippen molar-refractivity contribution in [2.24, 2.45) is 0 Å². The lowest BCUT2D eigenvalue weighted by Crippen LogP contribution is -2.30. The van der Waals surface area contributed by atoms with Gasteiger partial charge in [-0.15, -0.1) is 0 Å². The zero-order chi connectivity index (χ0) is 21.0. The quantitative estimate of drug-likeness (QED) is 0.424. The first-order chi connectivity index (χ1) is 14.9. The fourth-order valence-corrected chi connectivity index (χ4v) is 4.56. The van der Waals surface area contributed by atoms with E-state index in [2.05, 4.69) is 59.9 Å². The molecule has 0 spiro atoms. The summed E-state index contributed by atoms with van der Waals surface area (Å²) >= 11 is 0. The molecule has 1 N–H and O–H groups in total. The predicted octanol–water partition coefficient (Wildman–Crippen LogP) is 8.57. The second-order valence-corrected chi connectivity index (χ2v) is 9.18. The van der Waals surface area contributed by atoms with Crippen LogP contribution in [0.4, 0.5) is 0 Å². The molecule has 0 aromatic heterocycles. The minimum atomic E-state index is 0.776. The second-order valence-electron chi connectivity index (χ2n) is 9.18. The summed E-state index contributed by atoms with van der Waals surface area (Å²) < 4.78 is 0. The normalized spacial score (nSPS) is 17.2. The van der Waals surface area contributed by atoms with Crippen molar-refractivity contribution in [1.29, 1.82) is 0 Å². The van der Waals surface area contributed by atoms with Gasteiger partial charge in [0.2, 0.25) is 0 Å². The third-order valence-electron chi connectivity index (χ3n) is 6.47. The van der Waals surface area contributed by atoms with Gasteiger partial charge in [-0.3, -0.25) is 0 Å². The number of hydrogen-bond donors (Lipinski definition) is 1. The van der Waals surface area contributed by atoms with E-state index in [0.717, 1.165) is 6.04 Å². The molecule has 0 unspecified atom stereocenters. The molecule has 0 saturated heterocycles. The monoisotopic (exact) mass is 409 g/mol. The van der Waals surface area contributed by atoms with Gasteiger partial charge in [-0.05, 0) is 44.2 Å². The molecule has 2 rings (SSSR count). The molecule has 1 heteroatoms. The summed E-state index contributed by atoms with van der Waals surface area (Å²) in [5, 5.41) is 3.91. The average molecular weight is 410 g/mol. The van der Waals surface area contributed by atoms with Crippen LogP contribution in [0.3, 0.4) is 0 Å². The minimum Gasteiger partial charge on any atom is -0.314 e. The summed E-state index contributed by atoms with van der Waals surface area (Å²) in [6.07, 6.45) is 23.9. The molecular weight excluding hydrogens is 362 g/mol. The fraction of sp³-hybridized carbons (Fsp3) is 0.655. The van der Waals surface area contributed by atoms with Crippen molar-refractivity contribution in [2.75, 3.05) is 6.54 Å².